The van der Waals surface area contributed by atoms with Gasteiger partial charge in [0.15, 0.2) is 9.84 Å². The fourth-order valence-corrected chi connectivity index (χ4v) is 2.98. The average molecular weight is 286 g/mol. The van der Waals surface area contributed by atoms with Gasteiger partial charge in [-0.05, 0) is 41.8 Å². The van der Waals surface area contributed by atoms with E-state index < -0.39 is 9.84 Å². The van der Waals surface area contributed by atoms with Crippen LogP contribution in [-0.4, -0.2) is 24.9 Å². The van der Waals surface area contributed by atoms with E-state index in [2.05, 4.69) is 10.2 Å². The first-order valence-electron chi connectivity index (χ1n) is 6.20. The van der Waals surface area contributed by atoms with Crippen LogP contribution in [0.5, 0.6) is 0 Å². The zero-order valence-electron chi connectivity index (χ0n) is 11.2. The number of nitrogens with one attached hydrogen (secondary N) is 1. The molecule has 0 radical (unpaired) electrons. The number of aromatic amines is 1. The zero-order valence-corrected chi connectivity index (χ0v) is 12.0. The predicted octanol–water partition coefficient (Wildman–Crippen LogP) is 2.94. The number of hydrogen-bond donors (Lipinski definition) is 1. The van der Waals surface area contributed by atoms with Gasteiger partial charge in [-0.25, -0.2) is 8.42 Å². The molecule has 1 aromatic heterocycles. The molecule has 1 N–H and O–H groups in total. The Hall–Kier alpha value is -2.14. The molecule has 0 aliphatic carbocycles. The molecule has 2 aromatic carbocycles. The second kappa shape index (κ2) is 4.45. The highest BCUT2D eigenvalue weighted by Crippen LogP contribution is 2.29. The summed E-state index contributed by atoms with van der Waals surface area (Å²) in [4.78, 5) is 0.336. The number of nitrogens with zero attached hydrogens (tertiary/aromatic N) is 1. The van der Waals surface area contributed by atoms with E-state index in [9.17, 15) is 8.42 Å². The monoisotopic (exact) mass is 286 g/mol. The molecule has 0 bridgehead atoms. The Labute approximate surface area is 117 Å². The lowest BCUT2D eigenvalue weighted by Gasteiger charge is -2.08. The zero-order chi connectivity index (χ0) is 14.3. The molecule has 5 heteroatoms. The molecule has 0 saturated heterocycles. The molecule has 0 spiro atoms. The number of hydrogen-bond acceptors (Lipinski definition) is 3. The fourth-order valence-electron chi connectivity index (χ4n) is 2.35. The van der Waals surface area contributed by atoms with Crippen LogP contribution in [0.2, 0.25) is 0 Å². The maximum atomic E-state index is 11.5. The van der Waals surface area contributed by atoms with Crippen molar-refractivity contribution >= 4 is 20.7 Å². The van der Waals surface area contributed by atoms with Crippen LogP contribution in [0, 0.1) is 6.92 Å². The summed E-state index contributed by atoms with van der Waals surface area (Å²) in [5, 5.41) is 8.06. The lowest BCUT2D eigenvalue weighted by molar-refractivity contribution is 0.602. The van der Waals surface area contributed by atoms with Crippen LogP contribution in [0.4, 0.5) is 0 Å². The molecular weight excluding hydrogens is 272 g/mol. The van der Waals surface area contributed by atoms with Crippen molar-refractivity contribution in [3.8, 4) is 11.1 Å². The van der Waals surface area contributed by atoms with E-state index in [0.29, 0.717) is 4.90 Å². The van der Waals surface area contributed by atoms with E-state index in [0.717, 1.165) is 27.6 Å². The minimum atomic E-state index is -3.15. The van der Waals surface area contributed by atoms with Gasteiger partial charge in [0.1, 0.15) is 0 Å². The Morgan fingerprint density at radius 3 is 2.40 bits per heavy atom. The molecule has 0 fully saturated rings. The number of rotatable bonds is 2. The third-order valence-corrected chi connectivity index (χ3v) is 4.62. The largest absolute Gasteiger partial charge is 0.278 e. The molecule has 0 aliphatic heterocycles. The van der Waals surface area contributed by atoms with Gasteiger partial charge < -0.3 is 0 Å². The lowest BCUT2D eigenvalue weighted by Crippen LogP contribution is -1.96. The fraction of sp³-hybridized carbons (Fsp3) is 0.133. The first kappa shape index (κ1) is 12.9. The third-order valence-electron chi connectivity index (χ3n) is 3.49. The van der Waals surface area contributed by atoms with E-state index >= 15 is 0 Å². The molecule has 0 amide bonds. The van der Waals surface area contributed by atoms with Crippen molar-refractivity contribution in [2.24, 2.45) is 0 Å². The molecule has 1 heterocycles. The summed E-state index contributed by atoms with van der Waals surface area (Å²) in [6.07, 6.45) is 3.02. The average Bonchev–Trinajstić information content (AvgIpc) is 2.88. The number of fused-ring (bicyclic) bond motifs is 1. The van der Waals surface area contributed by atoms with E-state index in [1.54, 1.807) is 18.3 Å². The Kier molecular flexibility index (Phi) is 2.87. The lowest BCUT2D eigenvalue weighted by atomic mass is 9.98. The van der Waals surface area contributed by atoms with E-state index in [1.807, 2.05) is 31.2 Å². The summed E-state index contributed by atoms with van der Waals surface area (Å²) >= 11 is 0. The second-order valence-electron chi connectivity index (χ2n) is 4.87. The van der Waals surface area contributed by atoms with Crippen LogP contribution in [0.15, 0.2) is 47.5 Å². The van der Waals surface area contributed by atoms with Gasteiger partial charge in [0, 0.05) is 11.6 Å². The molecule has 102 valence electrons. The van der Waals surface area contributed by atoms with Crippen molar-refractivity contribution in [1.82, 2.24) is 10.2 Å². The standard InChI is InChI=1S/C15H14N2O2S/c1-10-13(7-8-15-14(10)9-16-17-15)11-3-5-12(6-4-11)20(2,18)19/h3-9H,1-2H3,(H,16,17). The van der Waals surface area contributed by atoms with Crippen molar-refractivity contribution in [3.63, 3.8) is 0 Å². The van der Waals surface area contributed by atoms with Crippen molar-refractivity contribution in [2.75, 3.05) is 6.26 Å². The molecule has 4 nitrogen and oxygen atoms in total. The third kappa shape index (κ3) is 2.10. The number of sulfone groups is 1. The second-order valence-corrected chi connectivity index (χ2v) is 6.88. The first-order valence-corrected chi connectivity index (χ1v) is 8.09. The van der Waals surface area contributed by atoms with Gasteiger partial charge in [-0.1, -0.05) is 18.2 Å². The Bertz CT molecular complexity index is 878. The molecular formula is C15H14N2O2S. The van der Waals surface area contributed by atoms with Gasteiger partial charge in [-0.3, -0.25) is 5.10 Å². The summed E-state index contributed by atoms with van der Waals surface area (Å²) in [5.74, 6) is 0. The SMILES string of the molecule is Cc1c(-c2ccc(S(C)(=O)=O)cc2)ccc2[nH]ncc12. The highest BCUT2D eigenvalue weighted by Gasteiger charge is 2.10. The van der Waals surface area contributed by atoms with Crippen LogP contribution >= 0.6 is 0 Å². The van der Waals surface area contributed by atoms with Gasteiger partial charge in [0.25, 0.3) is 0 Å². The van der Waals surface area contributed by atoms with E-state index in [1.165, 1.54) is 6.26 Å². The van der Waals surface area contributed by atoms with Crippen LogP contribution in [0.1, 0.15) is 5.56 Å². The van der Waals surface area contributed by atoms with Crippen LogP contribution < -0.4 is 0 Å². The van der Waals surface area contributed by atoms with Gasteiger partial charge in [0.2, 0.25) is 0 Å². The molecule has 0 unspecified atom stereocenters. The van der Waals surface area contributed by atoms with Gasteiger partial charge in [0.05, 0.1) is 16.6 Å². The molecule has 20 heavy (non-hydrogen) atoms. The minimum absolute atomic E-state index is 0.336. The summed E-state index contributed by atoms with van der Waals surface area (Å²) in [6.45, 7) is 2.04. The topological polar surface area (TPSA) is 62.8 Å². The summed E-state index contributed by atoms with van der Waals surface area (Å²) < 4.78 is 23.0. The Morgan fingerprint density at radius 2 is 1.75 bits per heavy atom. The van der Waals surface area contributed by atoms with E-state index in [4.69, 9.17) is 0 Å². The van der Waals surface area contributed by atoms with Crippen molar-refractivity contribution in [1.29, 1.82) is 0 Å². The smallest absolute Gasteiger partial charge is 0.175 e. The van der Waals surface area contributed by atoms with Gasteiger partial charge >= 0.3 is 0 Å². The minimum Gasteiger partial charge on any atom is -0.278 e. The van der Waals surface area contributed by atoms with Crippen molar-refractivity contribution in [2.45, 2.75) is 11.8 Å². The summed E-state index contributed by atoms with van der Waals surface area (Å²) in [6, 6.07) is 11.0. The number of aromatic nitrogens is 2. The van der Waals surface area contributed by atoms with Gasteiger partial charge in [-0.2, -0.15) is 5.10 Å². The quantitative estimate of drug-likeness (QED) is 0.787. The number of H-pyrrole nitrogens is 1. The van der Waals surface area contributed by atoms with E-state index in [-0.39, 0.29) is 0 Å². The maximum Gasteiger partial charge on any atom is 0.175 e. The predicted molar refractivity (Wildman–Crippen MR) is 79.4 cm³/mol. The normalized spacial score (nSPS) is 11.9. The highest BCUT2D eigenvalue weighted by atomic mass is 32.2. The highest BCUT2D eigenvalue weighted by molar-refractivity contribution is 7.90. The molecule has 0 aliphatic rings. The maximum absolute atomic E-state index is 11.5. The first-order chi connectivity index (χ1) is 9.47. The van der Waals surface area contributed by atoms with Crippen molar-refractivity contribution in [3.05, 3.63) is 48.2 Å². The Balaban J connectivity index is 2.13. The number of aryl methyl sites for hydroxylation is 1. The number of benzene rings is 2. The molecule has 0 saturated carbocycles. The van der Waals surface area contributed by atoms with Gasteiger partial charge in [-0.15, -0.1) is 0 Å². The molecule has 3 rings (SSSR count). The van der Waals surface area contributed by atoms with Crippen molar-refractivity contribution < 1.29 is 8.42 Å². The van der Waals surface area contributed by atoms with Crippen LogP contribution in [0.25, 0.3) is 22.0 Å². The Morgan fingerprint density at radius 1 is 1.05 bits per heavy atom. The molecule has 0 atom stereocenters. The van der Waals surface area contributed by atoms with Crippen LogP contribution in [0.3, 0.4) is 0 Å². The van der Waals surface area contributed by atoms with Crippen LogP contribution in [-0.2, 0) is 9.84 Å². The summed E-state index contributed by atoms with van der Waals surface area (Å²) in [7, 11) is -3.15. The summed E-state index contributed by atoms with van der Waals surface area (Å²) in [5.41, 5.74) is 4.21. The molecule has 3 aromatic rings.